The number of nitrogens with one attached hydrogen (secondary N) is 1. The maximum absolute atomic E-state index is 11.2. The lowest BCUT2D eigenvalue weighted by Gasteiger charge is -2.06. The number of benzene rings is 1. The maximum Gasteiger partial charge on any atom is 0.159 e. The summed E-state index contributed by atoms with van der Waals surface area (Å²) in [6, 6.07) is 7.36. The summed E-state index contributed by atoms with van der Waals surface area (Å²) >= 11 is 1.03. The molecule has 0 radical (unpaired) electrons. The predicted octanol–water partition coefficient (Wildman–Crippen LogP) is 2.76. The first-order valence-corrected chi connectivity index (χ1v) is 6.09. The third kappa shape index (κ3) is 5.69. The molecule has 1 rings (SSSR count). The van der Waals surface area contributed by atoms with E-state index in [1.165, 1.54) is 0 Å². The maximum atomic E-state index is 11.2. The van der Waals surface area contributed by atoms with Gasteiger partial charge in [-0.1, -0.05) is 17.2 Å². The van der Waals surface area contributed by atoms with Gasteiger partial charge in [-0.2, -0.15) is 0 Å². The highest BCUT2D eigenvalue weighted by Crippen LogP contribution is 2.11. The molecule has 0 aliphatic rings. The highest BCUT2D eigenvalue weighted by atomic mass is 32.2. The van der Waals surface area contributed by atoms with E-state index < -0.39 is 0 Å². The molecule has 1 aromatic rings. The smallest absolute Gasteiger partial charge is 0.159 e. The summed E-state index contributed by atoms with van der Waals surface area (Å²) in [6.45, 7) is 2.30. The summed E-state index contributed by atoms with van der Waals surface area (Å²) in [5.74, 6) is 0.748. The molecular formula is C11H15NO4S. The van der Waals surface area contributed by atoms with Crippen molar-refractivity contribution in [3.8, 4) is 0 Å². The van der Waals surface area contributed by atoms with Gasteiger partial charge in [0.05, 0.1) is 0 Å². The van der Waals surface area contributed by atoms with Crippen LogP contribution in [0.2, 0.25) is 0 Å². The first-order valence-electron chi connectivity index (χ1n) is 5.18. The Morgan fingerprint density at radius 1 is 1.53 bits per heavy atom. The standard InChI is InChI=1S/C11H15NO4S/c1-9(13)10-4-2-5-11(8-10)12-6-3-7-17-16-15-14/h2,4-5,8,12,14H,3,6-7H2,1H3. The predicted molar refractivity (Wildman–Crippen MR) is 66.8 cm³/mol. The molecule has 6 heteroatoms. The Labute approximate surface area is 104 Å². The monoisotopic (exact) mass is 257 g/mol. The van der Waals surface area contributed by atoms with Crippen molar-refractivity contribution >= 4 is 23.5 Å². The first-order chi connectivity index (χ1) is 8.24. The van der Waals surface area contributed by atoms with Crippen LogP contribution >= 0.6 is 12.0 Å². The van der Waals surface area contributed by atoms with E-state index in [2.05, 4.69) is 14.7 Å². The molecule has 17 heavy (non-hydrogen) atoms. The lowest BCUT2D eigenvalue weighted by Crippen LogP contribution is -2.03. The molecule has 94 valence electrons. The van der Waals surface area contributed by atoms with Crippen molar-refractivity contribution in [3.05, 3.63) is 29.8 Å². The fourth-order valence-corrected chi connectivity index (χ4v) is 1.64. The van der Waals surface area contributed by atoms with Crippen LogP contribution in [0.15, 0.2) is 24.3 Å². The Morgan fingerprint density at radius 2 is 2.35 bits per heavy atom. The van der Waals surface area contributed by atoms with Gasteiger partial charge >= 0.3 is 0 Å². The van der Waals surface area contributed by atoms with Crippen molar-refractivity contribution in [2.45, 2.75) is 13.3 Å². The molecule has 0 aliphatic heterocycles. The zero-order valence-electron chi connectivity index (χ0n) is 9.51. The summed E-state index contributed by atoms with van der Waals surface area (Å²) in [5, 5.41) is 14.5. The molecule has 0 bridgehead atoms. The minimum atomic E-state index is 0.0534. The average molecular weight is 257 g/mol. The number of anilines is 1. The van der Waals surface area contributed by atoms with Gasteiger partial charge in [-0.05, 0) is 25.5 Å². The van der Waals surface area contributed by atoms with Crippen LogP contribution < -0.4 is 5.32 Å². The average Bonchev–Trinajstić information content (AvgIpc) is 2.34. The summed E-state index contributed by atoms with van der Waals surface area (Å²) < 4.78 is 4.24. The molecular weight excluding hydrogens is 242 g/mol. The summed E-state index contributed by atoms with van der Waals surface area (Å²) in [4.78, 5) is 11.2. The van der Waals surface area contributed by atoms with Crippen molar-refractivity contribution in [3.63, 3.8) is 0 Å². The molecule has 0 heterocycles. The lowest BCUT2D eigenvalue weighted by molar-refractivity contribution is -0.432. The molecule has 2 N–H and O–H groups in total. The second-order valence-corrected chi connectivity index (χ2v) is 4.16. The van der Waals surface area contributed by atoms with Crippen LogP contribution in [-0.2, 0) is 9.37 Å². The lowest BCUT2D eigenvalue weighted by atomic mass is 10.1. The molecule has 0 saturated carbocycles. The quantitative estimate of drug-likeness (QED) is 0.245. The Hall–Kier alpha value is -1.08. The van der Waals surface area contributed by atoms with Gasteiger partial charge in [-0.3, -0.25) is 4.79 Å². The fourth-order valence-electron chi connectivity index (χ4n) is 1.27. The number of hydrogen-bond donors (Lipinski definition) is 2. The molecule has 0 unspecified atom stereocenters. The van der Waals surface area contributed by atoms with E-state index in [9.17, 15) is 4.79 Å². The fraction of sp³-hybridized carbons (Fsp3) is 0.364. The van der Waals surface area contributed by atoms with Gasteiger partial charge in [0.15, 0.2) is 5.78 Å². The van der Waals surface area contributed by atoms with Crippen LogP contribution in [0.3, 0.4) is 0 Å². The van der Waals surface area contributed by atoms with Gasteiger partial charge in [0, 0.05) is 35.6 Å². The topological polar surface area (TPSA) is 67.8 Å². The Morgan fingerprint density at radius 3 is 3.06 bits per heavy atom. The van der Waals surface area contributed by atoms with Crippen molar-refractivity contribution < 1.29 is 19.4 Å². The number of carbonyl (C=O) groups is 1. The Bertz CT molecular complexity index is 359. The minimum Gasteiger partial charge on any atom is -0.385 e. The van der Waals surface area contributed by atoms with Gasteiger partial charge in [-0.15, -0.1) is 4.33 Å². The molecule has 5 nitrogen and oxygen atoms in total. The summed E-state index contributed by atoms with van der Waals surface area (Å²) in [5.41, 5.74) is 1.61. The number of carbonyl (C=O) groups excluding carboxylic acids is 1. The second kappa shape index (κ2) is 8.08. The van der Waals surface area contributed by atoms with Crippen LogP contribution in [0.1, 0.15) is 23.7 Å². The van der Waals surface area contributed by atoms with Crippen LogP contribution in [-0.4, -0.2) is 23.3 Å². The van der Waals surface area contributed by atoms with Crippen LogP contribution in [0.4, 0.5) is 5.69 Å². The molecule has 0 spiro atoms. The first kappa shape index (κ1) is 14.0. The number of hydrogen-bond acceptors (Lipinski definition) is 6. The molecule has 1 aromatic carbocycles. The molecule has 0 saturated heterocycles. The molecule has 0 fully saturated rings. The zero-order chi connectivity index (χ0) is 12.5. The van der Waals surface area contributed by atoms with Crippen molar-refractivity contribution in [1.82, 2.24) is 0 Å². The summed E-state index contributed by atoms with van der Waals surface area (Å²) in [6.07, 6.45) is 0.846. The Balaban J connectivity index is 2.27. The molecule has 0 aliphatic carbocycles. The molecule has 0 aromatic heterocycles. The third-order valence-corrected chi connectivity index (χ3v) is 2.69. The summed E-state index contributed by atoms with van der Waals surface area (Å²) in [7, 11) is 0. The number of ketones is 1. The van der Waals surface area contributed by atoms with Crippen molar-refractivity contribution in [2.75, 3.05) is 17.6 Å². The highest BCUT2D eigenvalue weighted by Gasteiger charge is 1.99. The van der Waals surface area contributed by atoms with E-state index in [-0.39, 0.29) is 5.78 Å². The van der Waals surface area contributed by atoms with Gasteiger partial charge < -0.3 is 5.32 Å². The van der Waals surface area contributed by atoms with Gasteiger partial charge in [0.25, 0.3) is 0 Å². The normalized spacial score (nSPS) is 10.2. The van der Waals surface area contributed by atoms with E-state index in [4.69, 9.17) is 5.26 Å². The minimum absolute atomic E-state index is 0.0534. The van der Waals surface area contributed by atoms with E-state index in [1.54, 1.807) is 13.0 Å². The van der Waals surface area contributed by atoms with Gasteiger partial charge in [0.2, 0.25) is 0 Å². The molecule has 0 amide bonds. The largest absolute Gasteiger partial charge is 0.385 e. The Kier molecular flexibility index (Phi) is 6.64. The van der Waals surface area contributed by atoms with E-state index in [1.807, 2.05) is 18.2 Å². The van der Waals surface area contributed by atoms with E-state index in [0.717, 1.165) is 30.7 Å². The van der Waals surface area contributed by atoms with E-state index >= 15 is 0 Å². The van der Waals surface area contributed by atoms with Gasteiger partial charge in [0.1, 0.15) is 0 Å². The SMILES string of the molecule is CC(=O)c1cccc(NCCCSOOO)c1. The van der Waals surface area contributed by atoms with Crippen molar-refractivity contribution in [2.24, 2.45) is 0 Å². The number of Topliss-reactive ketones (excluding diaryl/α,β-unsaturated/α-hetero) is 1. The number of rotatable bonds is 8. The second-order valence-electron chi connectivity index (χ2n) is 3.38. The van der Waals surface area contributed by atoms with Crippen LogP contribution in [0.25, 0.3) is 0 Å². The third-order valence-electron chi connectivity index (χ3n) is 2.08. The molecule has 0 atom stereocenters. The highest BCUT2D eigenvalue weighted by molar-refractivity contribution is 7.94. The van der Waals surface area contributed by atoms with Crippen molar-refractivity contribution in [1.29, 1.82) is 0 Å². The van der Waals surface area contributed by atoms with Crippen LogP contribution in [0, 0.1) is 0 Å². The zero-order valence-corrected chi connectivity index (χ0v) is 10.3. The van der Waals surface area contributed by atoms with E-state index in [0.29, 0.717) is 11.3 Å². The van der Waals surface area contributed by atoms with Crippen LogP contribution in [0.5, 0.6) is 0 Å². The van der Waals surface area contributed by atoms with Gasteiger partial charge in [-0.25, -0.2) is 5.26 Å².